The Bertz CT molecular complexity index is 803. The number of hydrogen-bond donors (Lipinski definition) is 2. The first-order valence-corrected chi connectivity index (χ1v) is 7.42. The van der Waals surface area contributed by atoms with Crippen LogP contribution >= 0.6 is 11.6 Å². The molecule has 0 saturated heterocycles. The lowest BCUT2D eigenvalue weighted by Gasteiger charge is -2.09. The highest BCUT2D eigenvalue weighted by Crippen LogP contribution is 2.25. The number of aromatic carboxylic acids is 1. The third-order valence-electron chi connectivity index (χ3n) is 3.13. The number of hydrogen-bond acceptors (Lipinski definition) is 5. The van der Waals surface area contributed by atoms with Gasteiger partial charge in [0.1, 0.15) is 5.75 Å². The molecule has 2 N–H and O–H groups in total. The van der Waals surface area contributed by atoms with Crippen LogP contribution in [0.3, 0.4) is 0 Å². The molecule has 7 nitrogen and oxygen atoms in total. The summed E-state index contributed by atoms with van der Waals surface area (Å²) < 4.78 is 9.86. The molecular weight excluding hydrogens is 350 g/mol. The Labute approximate surface area is 148 Å². The molecule has 0 spiro atoms. The minimum Gasteiger partial charge on any atom is -0.482 e. The van der Waals surface area contributed by atoms with Gasteiger partial charge in [-0.1, -0.05) is 11.6 Å². The van der Waals surface area contributed by atoms with E-state index in [9.17, 15) is 14.4 Å². The van der Waals surface area contributed by atoms with Gasteiger partial charge in [0.25, 0.3) is 5.91 Å². The van der Waals surface area contributed by atoms with Crippen molar-refractivity contribution in [2.45, 2.75) is 0 Å². The standard InChI is InChI=1S/C17H14ClNO6/c1-24-17(23)10-2-5-12(6-3-10)19-15(20)9-25-14-7-4-11(16(21)22)8-13(14)18/h2-8H,9H2,1H3,(H,19,20)(H,21,22). The van der Waals surface area contributed by atoms with E-state index in [1.165, 1.54) is 37.4 Å². The summed E-state index contributed by atoms with van der Waals surface area (Å²) in [5.74, 6) is -1.82. The van der Waals surface area contributed by atoms with Crippen LogP contribution < -0.4 is 10.1 Å². The molecule has 2 rings (SSSR count). The van der Waals surface area contributed by atoms with E-state index in [0.29, 0.717) is 11.3 Å². The molecule has 0 fully saturated rings. The first-order valence-electron chi connectivity index (χ1n) is 7.04. The molecule has 2 aromatic rings. The normalized spacial score (nSPS) is 10.0. The van der Waals surface area contributed by atoms with Crippen LogP contribution in [0, 0.1) is 0 Å². The molecule has 0 aromatic heterocycles. The monoisotopic (exact) mass is 363 g/mol. The minimum atomic E-state index is -1.11. The lowest BCUT2D eigenvalue weighted by atomic mass is 10.2. The van der Waals surface area contributed by atoms with Gasteiger partial charge in [-0.2, -0.15) is 0 Å². The lowest BCUT2D eigenvalue weighted by Crippen LogP contribution is -2.20. The quantitative estimate of drug-likeness (QED) is 0.765. The summed E-state index contributed by atoms with van der Waals surface area (Å²) in [5.41, 5.74) is 0.864. The number of esters is 1. The maximum Gasteiger partial charge on any atom is 0.337 e. The van der Waals surface area contributed by atoms with E-state index < -0.39 is 17.8 Å². The van der Waals surface area contributed by atoms with Crippen molar-refractivity contribution in [3.63, 3.8) is 0 Å². The Balaban J connectivity index is 1.92. The van der Waals surface area contributed by atoms with Crippen molar-refractivity contribution in [2.24, 2.45) is 0 Å². The Morgan fingerprint density at radius 2 is 1.72 bits per heavy atom. The number of ether oxygens (including phenoxy) is 2. The molecule has 1 amide bonds. The zero-order valence-corrected chi connectivity index (χ0v) is 13.9. The molecule has 130 valence electrons. The molecule has 0 unspecified atom stereocenters. The molecular formula is C17H14ClNO6. The van der Waals surface area contributed by atoms with Gasteiger partial charge in [-0.25, -0.2) is 9.59 Å². The van der Waals surface area contributed by atoms with Crippen molar-refractivity contribution in [2.75, 3.05) is 19.0 Å². The van der Waals surface area contributed by atoms with Gasteiger partial charge in [0.15, 0.2) is 6.61 Å². The van der Waals surface area contributed by atoms with E-state index in [-0.39, 0.29) is 22.9 Å². The molecule has 0 radical (unpaired) electrons. The molecule has 25 heavy (non-hydrogen) atoms. The number of benzene rings is 2. The number of carboxylic acid groups (broad SMARTS) is 1. The lowest BCUT2D eigenvalue weighted by molar-refractivity contribution is -0.118. The second kappa shape index (κ2) is 8.16. The van der Waals surface area contributed by atoms with Crippen LogP contribution in [-0.2, 0) is 9.53 Å². The fourth-order valence-corrected chi connectivity index (χ4v) is 2.13. The Hall–Kier alpha value is -3.06. The van der Waals surface area contributed by atoms with Gasteiger partial charge in [0, 0.05) is 5.69 Å². The topological polar surface area (TPSA) is 102 Å². The molecule has 0 bridgehead atoms. The second-order valence-electron chi connectivity index (χ2n) is 4.86. The van der Waals surface area contributed by atoms with E-state index in [1.54, 1.807) is 12.1 Å². The van der Waals surface area contributed by atoms with Crippen molar-refractivity contribution in [1.82, 2.24) is 0 Å². The van der Waals surface area contributed by atoms with Crippen molar-refractivity contribution in [3.8, 4) is 5.75 Å². The van der Waals surface area contributed by atoms with Crippen molar-refractivity contribution in [1.29, 1.82) is 0 Å². The third-order valence-corrected chi connectivity index (χ3v) is 3.42. The summed E-state index contributed by atoms with van der Waals surface area (Å²) in [6, 6.07) is 10.1. The van der Waals surface area contributed by atoms with Crippen molar-refractivity contribution < 1.29 is 29.0 Å². The van der Waals surface area contributed by atoms with Gasteiger partial charge in [0.2, 0.25) is 0 Å². The predicted molar refractivity (Wildman–Crippen MR) is 90.3 cm³/mol. The number of carbonyl (C=O) groups is 3. The van der Waals surface area contributed by atoms with Crippen molar-refractivity contribution >= 4 is 35.1 Å². The highest BCUT2D eigenvalue weighted by Gasteiger charge is 2.10. The number of halogens is 1. The number of carboxylic acids is 1. The van der Waals surface area contributed by atoms with Gasteiger partial charge < -0.3 is 19.9 Å². The van der Waals surface area contributed by atoms with Gasteiger partial charge in [-0.15, -0.1) is 0 Å². The molecule has 0 aliphatic carbocycles. The first kappa shape index (κ1) is 18.3. The largest absolute Gasteiger partial charge is 0.482 e. The summed E-state index contributed by atoms with van der Waals surface area (Å²) in [6.07, 6.45) is 0. The van der Waals surface area contributed by atoms with Gasteiger partial charge in [-0.05, 0) is 42.5 Å². The average Bonchev–Trinajstić information content (AvgIpc) is 2.60. The number of methoxy groups -OCH3 is 1. The maximum absolute atomic E-state index is 11.9. The number of amides is 1. The van der Waals surface area contributed by atoms with Crippen molar-refractivity contribution in [3.05, 3.63) is 58.6 Å². The molecule has 0 aliphatic heterocycles. The first-order chi connectivity index (χ1) is 11.9. The van der Waals surface area contributed by atoms with Crippen LogP contribution in [0.2, 0.25) is 5.02 Å². The fourth-order valence-electron chi connectivity index (χ4n) is 1.90. The van der Waals surface area contributed by atoms with E-state index in [1.807, 2.05) is 0 Å². The van der Waals surface area contributed by atoms with E-state index >= 15 is 0 Å². The Morgan fingerprint density at radius 3 is 2.28 bits per heavy atom. The van der Waals surface area contributed by atoms with E-state index in [4.69, 9.17) is 21.4 Å². The highest BCUT2D eigenvalue weighted by molar-refractivity contribution is 6.32. The fraction of sp³-hybridized carbons (Fsp3) is 0.118. The Morgan fingerprint density at radius 1 is 1.08 bits per heavy atom. The SMILES string of the molecule is COC(=O)c1ccc(NC(=O)COc2ccc(C(=O)O)cc2Cl)cc1. The van der Waals surface area contributed by atoms with Crippen LogP contribution in [-0.4, -0.2) is 36.7 Å². The van der Waals surface area contributed by atoms with Crippen LogP contribution in [0.25, 0.3) is 0 Å². The minimum absolute atomic E-state index is 0.0208. The summed E-state index contributed by atoms with van der Waals surface area (Å²) in [6.45, 7) is -0.315. The Kier molecular flexibility index (Phi) is 5.97. The van der Waals surface area contributed by atoms with Crippen LogP contribution in [0.15, 0.2) is 42.5 Å². The van der Waals surface area contributed by atoms with Crippen LogP contribution in [0.1, 0.15) is 20.7 Å². The summed E-state index contributed by atoms with van der Waals surface area (Å²) in [7, 11) is 1.28. The zero-order valence-electron chi connectivity index (χ0n) is 13.1. The zero-order chi connectivity index (χ0) is 18.4. The van der Waals surface area contributed by atoms with Gasteiger partial charge in [0.05, 0.1) is 23.3 Å². The molecule has 0 saturated carbocycles. The summed E-state index contributed by atoms with van der Waals surface area (Å²) in [4.78, 5) is 34.0. The van der Waals surface area contributed by atoms with Gasteiger partial charge in [-0.3, -0.25) is 4.79 Å². The summed E-state index contributed by atoms with van der Waals surface area (Å²) in [5, 5.41) is 11.5. The maximum atomic E-state index is 11.9. The van der Waals surface area contributed by atoms with E-state index in [0.717, 1.165) is 0 Å². The number of anilines is 1. The molecule has 0 aliphatic rings. The van der Waals surface area contributed by atoms with Crippen LogP contribution in [0.5, 0.6) is 5.75 Å². The molecule has 0 heterocycles. The summed E-state index contributed by atoms with van der Waals surface area (Å²) >= 11 is 5.91. The number of carbonyl (C=O) groups excluding carboxylic acids is 2. The van der Waals surface area contributed by atoms with E-state index in [2.05, 4.69) is 10.1 Å². The highest BCUT2D eigenvalue weighted by atomic mass is 35.5. The predicted octanol–water partition coefficient (Wildman–Crippen LogP) is 2.84. The second-order valence-corrected chi connectivity index (χ2v) is 5.26. The molecule has 2 aromatic carbocycles. The third kappa shape index (κ3) is 4.95. The molecule has 8 heteroatoms. The van der Waals surface area contributed by atoms with Crippen LogP contribution in [0.4, 0.5) is 5.69 Å². The number of rotatable bonds is 6. The molecule has 0 atom stereocenters. The van der Waals surface area contributed by atoms with Gasteiger partial charge >= 0.3 is 11.9 Å². The number of nitrogens with one attached hydrogen (secondary N) is 1. The average molecular weight is 364 g/mol. The smallest absolute Gasteiger partial charge is 0.337 e.